The largest absolute Gasteiger partial charge is 0.392 e. The van der Waals surface area contributed by atoms with E-state index in [2.05, 4.69) is 5.10 Å². The van der Waals surface area contributed by atoms with Gasteiger partial charge < -0.3 is 5.11 Å². The summed E-state index contributed by atoms with van der Waals surface area (Å²) in [6, 6.07) is 3.84. The molecule has 0 spiro atoms. The number of halogens is 2. The molecule has 0 aliphatic carbocycles. The van der Waals surface area contributed by atoms with Crippen molar-refractivity contribution in [1.82, 2.24) is 9.78 Å². The molecule has 0 atom stereocenters. The van der Waals surface area contributed by atoms with Crippen LogP contribution in [0.3, 0.4) is 0 Å². The fraction of sp³-hybridized carbons (Fsp3) is 0.182. The van der Waals surface area contributed by atoms with Crippen LogP contribution in [0.2, 0.25) is 0 Å². The van der Waals surface area contributed by atoms with Crippen LogP contribution >= 0.6 is 0 Å². The van der Waals surface area contributed by atoms with Gasteiger partial charge in [0.15, 0.2) is 11.6 Å². The van der Waals surface area contributed by atoms with E-state index in [9.17, 15) is 8.78 Å². The maximum absolute atomic E-state index is 13.6. The summed E-state index contributed by atoms with van der Waals surface area (Å²) in [5.41, 5.74) is 0.637. The molecule has 84 valence electrons. The van der Waals surface area contributed by atoms with Gasteiger partial charge in [0.1, 0.15) is 5.69 Å². The minimum Gasteiger partial charge on any atom is -0.392 e. The Hall–Kier alpha value is -1.75. The first-order chi connectivity index (χ1) is 7.61. The summed E-state index contributed by atoms with van der Waals surface area (Å²) in [4.78, 5) is 0. The zero-order chi connectivity index (χ0) is 11.7. The summed E-state index contributed by atoms with van der Waals surface area (Å²) in [5.74, 6) is -1.49. The lowest BCUT2D eigenvalue weighted by Crippen LogP contribution is -2.04. The van der Waals surface area contributed by atoms with Gasteiger partial charge in [0.25, 0.3) is 0 Å². The molecule has 3 nitrogen and oxygen atoms in total. The molecule has 0 radical (unpaired) electrons. The number of hydrogen-bond donors (Lipinski definition) is 1. The van der Waals surface area contributed by atoms with Gasteiger partial charge in [-0.3, -0.25) is 0 Å². The Morgan fingerprint density at radius 3 is 2.38 bits per heavy atom. The van der Waals surface area contributed by atoms with Gasteiger partial charge in [-0.25, -0.2) is 13.5 Å². The summed E-state index contributed by atoms with van der Waals surface area (Å²) in [7, 11) is 0. The molecule has 1 heterocycles. The Morgan fingerprint density at radius 1 is 1.31 bits per heavy atom. The molecule has 0 unspecified atom stereocenters. The second kappa shape index (κ2) is 4.02. The highest BCUT2D eigenvalue weighted by atomic mass is 19.1. The number of hydrogen-bond acceptors (Lipinski definition) is 2. The van der Waals surface area contributed by atoms with E-state index in [-0.39, 0.29) is 11.3 Å². The molecule has 1 N–H and O–H groups in total. The highest BCUT2D eigenvalue weighted by Gasteiger charge is 2.13. The number of nitrogens with zero attached hydrogens (tertiary/aromatic N) is 2. The fourth-order valence-electron chi connectivity index (χ4n) is 1.47. The van der Waals surface area contributed by atoms with Crippen LogP contribution in [0.4, 0.5) is 8.78 Å². The Labute approximate surface area is 91.0 Å². The fourth-order valence-corrected chi connectivity index (χ4v) is 1.47. The molecule has 0 saturated heterocycles. The third kappa shape index (κ3) is 1.81. The van der Waals surface area contributed by atoms with Gasteiger partial charge in [0.05, 0.1) is 12.3 Å². The molecule has 1 aromatic carbocycles. The monoisotopic (exact) mass is 224 g/mol. The molecule has 0 amide bonds. The molecular weight excluding hydrogens is 214 g/mol. The van der Waals surface area contributed by atoms with Crippen LogP contribution in [0.25, 0.3) is 5.69 Å². The van der Waals surface area contributed by atoms with Gasteiger partial charge in [-0.2, -0.15) is 5.10 Å². The first-order valence-electron chi connectivity index (χ1n) is 4.73. The van der Waals surface area contributed by atoms with Gasteiger partial charge in [-0.05, 0) is 30.7 Å². The van der Waals surface area contributed by atoms with E-state index in [4.69, 9.17) is 5.11 Å². The quantitative estimate of drug-likeness (QED) is 0.846. The summed E-state index contributed by atoms with van der Waals surface area (Å²) in [5, 5.41) is 12.7. The van der Waals surface area contributed by atoms with Crippen molar-refractivity contribution in [3.05, 3.63) is 47.3 Å². The molecule has 0 aliphatic heterocycles. The second-order valence-electron chi connectivity index (χ2n) is 3.47. The van der Waals surface area contributed by atoms with Crippen molar-refractivity contribution >= 4 is 0 Å². The van der Waals surface area contributed by atoms with E-state index in [0.717, 1.165) is 16.8 Å². The molecule has 0 saturated carbocycles. The van der Waals surface area contributed by atoms with Gasteiger partial charge >= 0.3 is 0 Å². The van der Waals surface area contributed by atoms with Crippen molar-refractivity contribution in [2.75, 3.05) is 0 Å². The van der Waals surface area contributed by atoms with E-state index in [1.54, 1.807) is 13.0 Å². The first-order valence-corrected chi connectivity index (χ1v) is 4.73. The molecule has 2 rings (SSSR count). The number of aryl methyl sites for hydroxylation is 1. The first kappa shape index (κ1) is 10.8. The van der Waals surface area contributed by atoms with Gasteiger partial charge in [0, 0.05) is 6.20 Å². The molecular formula is C11H10F2N2O. The van der Waals surface area contributed by atoms with Crippen molar-refractivity contribution in [3.8, 4) is 5.69 Å². The molecule has 0 fully saturated rings. The minimum atomic E-state index is -0.743. The van der Waals surface area contributed by atoms with Crippen LogP contribution in [0.5, 0.6) is 0 Å². The molecule has 0 aliphatic rings. The van der Waals surface area contributed by atoms with Crippen LogP contribution in [-0.2, 0) is 6.61 Å². The summed E-state index contributed by atoms with van der Waals surface area (Å²) in [6.07, 6.45) is 1.48. The average Bonchev–Trinajstić information content (AvgIpc) is 2.63. The summed E-state index contributed by atoms with van der Waals surface area (Å²) < 4.78 is 28.3. The van der Waals surface area contributed by atoms with Crippen molar-refractivity contribution in [2.24, 2.45) is 0 Å². The normalized spacial score (nSPS) is 10.8. The zero-order valence-electron chi connectivity index (χ0n) is 8.61. The van der Waals surface area contributed by atoms with Crippen LogP contribution in [0.15, 0.2) is 24.4 Å². The van der Waals surface area contributed by atoms with Crippen molar-refractivity contribution in [1.29, 1.82) is 0 Å². The number of aliphatic hydroxyl groups is 1. The van der Waals surface area contributed by atoms with E-state index in [1.165, 1.54) is 6.20 Å². The predicted molar refractivity (Wildman–Crippen MR) is 54.1 cm³/mol. The lowest BCUT2D eigenvalue weighted by molar-refractivity contribution is 0.280. The summed E-state index contributed by atoms with van der Waals surface area (Å²) >= 11 is 0. The third-order valence-electron chi connectivity index (χ3n) is 2.21. The number of aliphatic hydroxyl groups excluding tert-OH is 1. The van der Waals surface area contributed by atoms with E-state index >= 15 is 0 Å². The zero-order valence-corrected chi connectivity index (χ0v) is 8.61. The molecule has 16 heavy (non-hydrogen) atoms. The van der Waals surface area contributed by atoms with Gasteiger partial charge in [-0.15, -0.1) is 0 Å². The van der Waals surface area contributed by atoms with Crippen LogP contribution < -0.4 is 0 Å². The second-order valence-corrected chi connectivity index (χ2v) is 3.47. The highest BCUT2D eigenvalue weighted by Crippen LogP contribution is 2.19. The standard InChI is InChI=1S/C11H10F2N2O/c1-7-2-3-15(14-7)11-9(12)4-8(6-16)5-10(11)13/h2-5,16H,6H2,1H3. The van der Waals surface area contributed by atoms with Crippen LogP contribution in [-0.4, -0.2) is 14.9 Å². The molecule has 0 bridgehead atoms. The smallest absolute Gasteiger partial charge is 0.152 e. The SMILES string of the molecule is Cc1ccn(-c2c(F)cc(CO)cc2F)n1. The van der Waals surface area contributed by atoms with Crippen molar-refractivity contribution in [3.63, 3.8) is 0 Å². The Balaban J connectivity index is 2.57. The van der Waals surface area contributed by atoms with Gasteiger partial charge in [-0.1, -0.05) is 0 Å². The molecule has 1 aromatic heterocycles. The number of rotatable bonds is 2. The van der Waals surface area contributed by atoms with E-state index in [1.807, 2.05) is 0 Å². The molecule has 2 aromatic rings. The van der Waals surface area contributed by atoms with Gasteiger partial charge in [0.2, 0.25) is 0 Å². The average molecular weight is 224 g/mol. The lowest BCUT2D eigenvalue weighted by Gasteiger charge is -2.06. The van der Waals surface area contributed by atoms with Crippen molar-refractivity contribution in [2.45, 2.75) is 13.5 Å². The molecule has 5 heteroatoms. The number of aromatic nitrogens is 2. The third-order valence-corrected chi connectivity index (χ3v) is 2.21. The highest BCUT2D eigenvalue weighted by molar-refractivity contribution is 5.37. The summed E-state index contributed by atoms with van der Waals surface area (Å²) in [6.45, 7) is 1.33. The van der Waals surface area contributed by atoms with Crippen LogP contribution in [0, 0.1) is 18.6 Å². The maximum atomic E-state index is 13.6. The van der Waals surface area contributed by atoms with E-state index in [0.29, 0.717) is 5.69 Å². The van der Waals surface area contributed by atoms with E-state index < -0.39 is 18.2 Å². The Kier molecular flexibility index (Phi) is 2.70. The number of benzene rings is 1. The van der Waals surface area contributed by atoms with Crippen LogP contribution in [0.1, 0.15) is 11.3 Å². The lowest BCUT2D eigenvalue weighted by atomic mass is 10.2. The topological polar surface area (TPSA) is 38.0 Å². The Bertz CT molecular complexity index is 499. The maximum Gasteiger partial charge on any atom is 0.152 e. The Morgan fingerprint density at radius 2 is 1.94 bits per heavy atom. The minimum absolute atomic E-state index is 0.197. The predicted octanol–water partition coefficient (Wildman–Crippen LogP) is 1.95. The van der Waals surface area contributed by atoms with Crippen molar-refractivity contribution < 1.29 is 13.9 Å².